The summed E-state index contributed by atoms with van der Waals surface area (Å²) in [5, 5.41) is 6.08. The third-order valence-electron chi connectivity index (χ3n) is 13.3. The lowest BCUT2D eigenvalue weighted by Gasteiger charge is -2.26. The Kier molecular flexibility index (Phi) is 12.3. The molecule has 2 aliphatic carbocycles. The van der Waals surface area contributed by atoms with Crippen molar-refractivity contribution in [3.05, 3.63) is 169 Å². The molecule has 0 bridgehead atoms. The number of allylic oxidation sites excluding steroid dienone is 2. The van der Waals surface area contributed by atoms with Gasteiger partial charge in [-0.3, -0.25) is 28.9 Å². The van der Waals surface area contributed by atoms with Crippen LogP contribution in [0.15, 0.2) is 158 Å². The lowest BCUT2D eigenvalue weighted by atomic mass is 9.81. The van der Waals surface area contributed by atoms with Crippen LogP contribution in [0.5, 0.6) is 23.0 Å². The van der Waals surface area contributed by atoms with Crippen molar-refractivity contribution in [3.63, 3.8) is 0 Å². The SMILES string of the molecule is COc1ccc2cc(C(=O)Oc3ccc(-c4ccc(OC(=O)C5CCCC(C(=O)Oc6ccc(NC(=O)c7ccc(N8C(=O)C9CC=CCC9C8=O)cc7)c7ccccc67)C5)cc4)cc3)ccc2c1. The first kappa shape index (κ1) is 44.5. The number of hydrogen-bond acceptors (Lipinski definition) is 10. The van der Waals surface area contributed by atoms with E-state index in [1.54, 1.807) is 79.9 Å². The van der Waals surface area contributed by atoms with Crippen molar-refractivity contribution in [2.24, 2.45) is 23.7 Å². The molecule has 4 atom stereocenters. The molecule has 0 aromatic heterocycles. The van der Waals surface area contributed by atoms with E-state index in [0.717, 1.165) is 27.6 Å². The largest absolute Gasteiger partial charge is 0.497 e. The van der Waals surface area contributed by atoms with Gasteiger partial charge in [0.05, 0.1) is 42.0 Å². The zero-order valence-corrected chi connectivity index (χ0v) is 37.6. The fourth-order valence-electron chi connectivity index (χ4n) is 9.56. The topological polar surface area (TPSA) is 155 Å². The highest BCUT2D eigenvalue weighted by Crippen LogP contribution is 2.39. The predicted molar refractivity (Wildman–Crippen MR) is 260 cm³/mol. The number of imide groups is 1. The molecular formula is C57H46N2O10. The molecule has 12 heteroatoms. The van der Waals surface area contributed by atoms with Crippen LogP contribution < -0.4 is 29.2 Å². The number of esters is 3. The van der Waals surface area contributed by atoms with E-state index in [-0.39, 0.29) is 30.1 Å². The quantitative estimate of drug-likeness (QED) is 0.0574. The number of fused-ring (bicyclic) bond motifs is 3. The Hall–Kier alpha value is -8.38. The molecular weight excluding hydrogens is 873 g/mol. The lowest BCUT2D eigenvalue weighted by molar-refractivity contribution is -0.145. The van der Waals surface area contributed by atoms with Gasteiger partial charge in [0.25, 0.3) is 5.91 Å². The number of amides is 3. The summed E-state index contributed by atoms with van der Waals surface area (Å²) >= 11 is 0. The van der Waals surface area contributed by atoms with Gasteiger partial charge in [-0.1, -0.05) is 79.2 Å². The van der Waals surface area contributed by atoms with Crippen molar-refractivity contribution in [1.82, 2.24) is 0 Å². The van der Waals surface area contributed by atoms with E-state index >= 15 is 0 Å². The highest BCUT2D eigenvalue weighted by Gasteiger charge is 2.47. The second-order valence-corrected chi connectivity index (χ2v) is 17.6. The zero-order chi connectivity index (χ0) is 47.6. The molecule has 2 fully saturated rings. The van der Waals surface area contributed by atoms with Gasteiger partial charge in [0.2, 0.25) is 11.8 Å². The van der Waals surface area contributed by atoms with E-state index < -0.39 is 35.7 Å². The van der Waals surface area contributed by atoms with Gasteiger partial charge < -0.3 is 24.3 Å². The number of methoxy groups -OCH3 is 1. The number of carbonyl (C=O) groups excluding carboxylic acids is 6. The Morgan fingerprint density at radius 3 is 1.78 bits per heavy atom. The van der Waals surface area contributed by atoms with E-state index in [1.165, 1.54) is 4.90 Å². The molecule has 10 rings (SSSR count). The van der Waals surface area contributed by atoms with E-state index in [2.05, 4.69) is 5.32 Å². The summed E-state index contributed by atoms with van der Waals surface area (Å²) in [6, 6.07) is 42.3. The first-order valence-electron chi connectivity index (χ1n) is 23.0. The van der Waals surface area contributed by atoms with Crippen LogP contribution in [0.3, 0.4) is 0 Å². The maximum absolute atomic E-state index is 13.7. The summed E-state index contributed by atoms with van der Waals surface area (Å²) in [4.78, 5) is 80.9. The molecule has 3 aliphatic rings. The number of nitrogens with one attached hydrogen (secondary N) is 1. The van der Waals surface area contributed by atoms with E-state index in [4.69, 9.17) is 18.9 Å². The lowest BCUT2D eigenvalue weighted by Crippen LogP contribution is -2.32. The van der Waals surface area contributed by atoms with Gasteiger partial charge in [0, 0.05) is 22.0 Å². The minimum Gasteiger partial charge on any atom is -0.497 e. The summed E-state index contributed by atoms with van der Waals surface area (Å²) in [6.07, 6.45) is 7.06. The van der Waals surface area contributed by atoms with Gasteiger partial charge in [-0.05, 0) is 139 Å². The van der Waals surface area contributed by atoms with Gasteiger partial charge in [-0.25, -0.2) is 4.79 Å². The Morgan fingerprint density at radius 2 is 1.13 bits per heavy atom. The summed E-state index contributed by atoms with van der Waals surface area (Å²) in [5.74, 6) is -2.00. The molecule has 7 aromatic rings. The fourth-order valence-corrected chi connectivity index (χ4v) is 9.56. The molecule has 1 heterocycles. The highest BCUT2D eigenvalue weighted by molar-refractivity contribution is 6.22. The molecule has 0 spiro atoms. The maximum Gasteiger partial charge on any atom is 0.343 e. The van der Waals surface area contributed by atoms with Crippen LogP contribution >= 0.6 is 0 Å². The molecule has 1 saturated carbocycles. The van der Waals surface area contributed by atoms with Crippen LogP contribution in [0.2, 0.25) is 0 Å². The minimum absolute atomic E-state index is 0.214. The van der Waals surface area contributed by atoms with Crippen LogP contribution in [0.4, 0.5) is 11.4 Å². The number of nitrogens with zero attached hydrogens (tertiary/aromatic N) is 1. The third kappa shape index (κ3) is 9.21. The van der Waals surface area contributed by atoms with E-state index in [9.17, 15) is 28.8 Å². The molecule has 4 unspecified atom stereocenters. The molecule has 1 saturated heterocycles. The average Bonchev–Trinajstić information content (AvgIpc) is 3.65. The Bertz CT molecular complexity index is 3170. The van der Waals surface area contributed by atoms with Crippen LogP contribution in [0.25, 0.3) is 32.7 Å². The molecule has 69 heavy (non-hydrogen) atoms. The number of ether oxygens (including phenoxy) is 4. The summed E-state index contributed by atoms with van der Waals surface area (Å²) in [6.45, 7) is 0. The van der Waals surface area contributed by atoms with Crippen molar-refractivity contribution in [2.45, 2.75) is 38.5 Å². The van der Waals surface area contributed by atoms with Gasteiger partial charge in [-0.2, -0.15) is 0 Å². The minimum atomic E-state index is -0.522. The predicted octanol–water partition coefficient (Wildman–Crippen LogP) is 10.9. The van der Waals surface area contributed by atoms with Crippen LogP contribution in [0, 0.1) is 23.7 Å². The third-order valence-corrected chi connectivity index (χ3v) is 13.3. The maximum atomic E-state index is 13.7. The van der Waals surface area contributed by atoms with Crippen LogP contribution in [0.1, 0.15) is 59.2 Å². The van der Waals surface area contributed by atoms with Gasteiger partial charge in [-0.15, -0.1) is 0 Å². The molecule has 12 nitrogen and oxygen atoms in total. The summed E-state index contributed by atoms with van der Waals surface area (Å²) in [7, 11) is 1.61. The van der Waals surface area contributed by atoms with Crippen molar-refractivity contribution >= 4 is 68.5 Å². The fraction of sp³-hybridized carbons (Fsp3) is 0.193. The number of rotatable bonds is 11. The number of carbonyl (C=O) groups is 6. The van der Waals surface area contributed by atoms with E-state index in [0.29, 0.717) is 82.6 Å². The Morgan fingerprint density at radius 1 is 0.565 bits per heavy atom. The first-order valence-corrected chi connectivity index (χ1v) is 23.0. The smallest absolute Gasteiger partial charge is 0.343 e. The number of hydrogen-bond donors (Lipinski definition) is 1. The van der Waals surface area contributed by atoms with Crippen molar-refractivity contribution in [1.29, 1.82) is 0 Å². The molecule has 344 valence electrons. The summed E-state index contributed by atoms with van der Waals surface area (Å²) < 4.78 is 22.7. The van der Waals surface area contributed by atoms with Crippen LogP contribution in [-0.2, 0) is 19.2 Å². The Labute approximate surface area is 397 Å². The molecule has 0 radical (unpaired) electrons. The molecule has 7 aromatic carbocycles. The standard InChI is InChI=1S/C57H46N2O10/c1-66-45-28-21-37-31-41(14-13-38(37)33-45)56(64)68-44-26-19-35(20-27-44)34-17-24-43(25-18-34)67-55(63)39-7-6-8-40(32-39)57(65)69-51-30-29-50(46-9-2-3-10-47(46)51)58-52(60)36-15-22-42(23-16-36)59-53(61)48-11-4-5-12-49(48)54(59)62/h2-5,9-10,13-31,33,39-40,48-49H,6-8,11-12,32H2,1H3,(H,58,60). The molecule has 3 amide bonds. The van der Waals surface area contributed by atoms with Gasteiger partial charge in [0.1, 0.15) is 23.0 Å². The normalized spacial score (nSPS) is 18.7. The molecule has 1 N–H and O–H groups in total. The van der Waals surface area contributed by atoms with Crippen LogP contribution in [-0.4, -0.2) is 42.7 Å². The highest BCUT2D eigenvalue weighted by atomic mass is 16.5. The van der Waals surface area contributed by atoms with Gasteiger partial charge >= 0.3 is 17.9 Å². The zero-order valence-electron chi connectivity index (χ0n) is 37.6. The van der Waals surface area contributed by atoms with Crippen molar-refractivity contribution in [2.75, 3.05) is 17.3 Å². The Balaban J connectivity index is 0.727. The summed E-state index contributed by atoms with van der Waals surface area (Å²) in [5.41, 5.74) is 3.46. The monoisotopic (exact) mass is 918 g/mol. The van der Waals surface area contributed by atoms with Crippen molar-refractivity contribution < 1.29 is 47.7 Å². The second-order valence-electron chi connectivity index (χ2n) is 17.6. The number of anilines is 2. The number of benzene rings is 7. The van der Waals surface area contributed by atoms with Gasteiger partial charge in [0.15, 0.2) is 0 Å². The molecule has 1 aliphatic heterocycles. The van der Waals surface area contributed by atoms with Crippen molar-refractivity contribution in [3.8, 4) is 34.1 Å². The second kappa shape index (κ2) is 19.1. The first-order chi connectivity index (χ1) is 33.6. The average molecular weight is 919 g/mol. The van der Waals surface area contributed by atoms with E-state index in [1.807, 2.05) is 84.9 Å².